The van der Waals surface area contributed by atoms with Gasteiger partial charge in [0.2, 0.25) is 0 Å². The van der Waals surface area contributed by atoms with E-state index in [0.717, 1.165) is 29.2 Å². The topological polar surface area (TPSA) is 63.2 Å². The Balaban J connectivity index is 1.63. The van der Waals surface area contributed by atoms with Gasteiger partial charge in [0.15, 0.2) is 0 Å². The van der Waals surface area contributed by atoms with Crippen LogP contribution >= 0.6 is 11.6 Å². The normalized spacial score (nSPS) is 10.4. The van der Waals surface area contributed by atoms with Crippen molar-refractivity contribution in [2.75, 3.05) is 24.3 Å². The monoisotopic (exact) mass is 395 g/mol. The van der Waals surface area contributed by atoms with Gasteiger partial charge in [0.25, 0.3) is 5.91 Å². The predicted octanol–water partition coefficient (Wildman–Crippen LogP) is 4.96. The van der Waals surface area contributed by atoms with Crippen LogP contribution in [-0.2, 0) is 6.42 Å². The number of hydrogen-bond donors (Lipinski definition) is 2. The molecule has 0 unspecified atom stereocenters. The first-order valence-corrected chi connectivity index (χ1v) is 9.32. The summed E-state index contributed by atoms with van der Waals surface area (Å²) in [5.41, 5.74) is 4.11. The van der Waals surface area contributed by atoms with Crippen molar-refractivity contribution < 1.29 is 9.53 Å². The summed E-state index contributed by atoms with van der Waals surface area (Å²) >= 11 is 5.90. The van der Waals surface area contributed by atoms with E-state index >= 15 is 0 Å². The number of aromatic nitrogens is 1. The molecular formula is C22H22ClN3O2. The Morgan fingerprint density at radius 1 is 1.11 bits per heavy atom. The van der Waals surface area contributed by atoms with Crippen molar-refractivity contribution in [1.29, 1.82) is 0 Å². The van der Waals surface area contributed by atoms with Crippen LogP contribution in [0.5, 0.6) is 5.75 Å². The summed E-state index contributed by atoms with van der Waals surface area (Å²) in [6.07, 6.45) is 4.09. The molecule has 2 N–H and O–H groups in total. The van der Waals surface area contributed by atoms with Gasteiger partial charge >= 0.3 is 0 Å². The molecule has 3 rings (SSSR count). The number of carbonyl (C=O) groups is 1. The maximum Gasteiger partial charge on any atom is 0.257 e. The number of rotatable bonds is 7. The molecule has 0 aliphatic carbocycles. The lowest BCUT2D eigenvalue weighted by atomic mass is 10.1. The number of halogens is 1. The second kappa shape index (κ2) is 9.24. The van der Waals surface area contributed by atoms with Crippen LogP contribution in [0.2, 0.25) is 5.02 Å². The lowest BCUT2D eigenvalue weighted by Crippen LogP contribution is -2.14. The van der Waals surface area contributed by atoms with Gasteiger partial charge in [0, 0.05) is 24.0 Å². The number of nitrogens with one attached hydrogen (secondary N) is 2. The highest BCUT2D eigenvalue weighted by atomic mass is 35.5. The van der Waals surface area contributed by atoms with E-state index in [-0.39, 0.29) is 5.91 Å². The Bertz CT molecular complexity index is 958. The van der Waals surface area contributed by atoms with Crippen molar-refractivity contribution in [2.45, 2.75) is 13.3 Å². The molecule has 3 aromatic rings. The maximum absolute atomic E-state index is 12.6. The minimum absolute atomic E-state index is 0.238. The third kappa shape index (κ3) is 5.24. The number of benzene rings is 2. The molecule has 2 aromatic carbocycles. The quantitative estimate of drug-likeness (QED) is 0.593. The number of pyridine rings is 1. The third-order valence-corrected chi connectivity index (χ3v) is 4.51. The number of ether oxygens (including phenoxy) is 1. The zero-order valence-electron chi connectivity index (χ0n) is 15.8. The molecule has 0 saturated heterocycles. The summed E-state index contributed by atoms with van der Waals surface area (Å²) < 4.78 is 5.31. The van der Waals surface area contributed by atoms with Gasteiger partial charge in [-0.3, -0.25) is 9.78 Å². The number of amides is 1. The van der Waals surface area contributed by atoms with Gasteiger partial charge in [-0.25, -0.2) is 0 Å². The highest BCUT2D eigenvalue weighted by Gasteiger charge is 2.11. The average molecular weight is 396 g/mol. The van der Waals surface area contributed by atoms with Crippen molar-refractivity contribution in [3.8, 4) is 5.75 Å². The highest BCUT2D eigenvalue weighted by molar-refractivity contribution is 6.30. The molecule has 5 nitrogen and oxygen atoms in total. The Morgan fingerprint density at radius 2 is 1.89 bits per heavy atom. The minimum atomic E-state index is -0.238. The standard InChI is InChI=1S/C22H22ClN3O2/c1-15-3-8-21(28-2)20(11-15)26-22(27)17-12-19(14-24-13-17)25-10-9-16-4-6-18(23)7-5-16/h3-8,11-14,25H,9-10H2,1-2H3,(H,26,27). The van der Waals surface area contributed by atoms with E-state index in [1.165, 1.54) is 5.56 Å². The van der Waals surface area contributed by atoms with Gasteiger partial charge in [-0.1, -0.05) is 29.8 Å². The van der Waals surface area contributed by atoms with E-state index in [0.29, 0.717) is 17.0 Å². The molecule has 0 radical (unpaired) electrons. The van der Waals surface area contributed by atoms with E-state index in [1.54, 1.807) is 25.6 Å². The van der Waals surface area contributed by atoms with Gasteiger partial charge in [-0.2, -0.15) is 0 Å². The van der Waals surface area contributed by atoms with E-state index < -0.39 is 0 Å². The van der Waals surface area contributed by atoms with Crippen LogP contribution in [0.3, 0.4) is 0 Å². The Labute approximate surface area is 169 Å². The first-order chi connectivity index (χ1) is 13.5. The van der Waals surface area contributed by atoms with Crippen molar-refractivity contribution in [1.82, 2.24) is 4.98 Å². The molecule has 28 heavy (non-hydrogen) atoms. The van der Waals surface area contributed by atoms with Gasteiger partial charge in [0.1, 0.15) is 5.75 Å². The van der Waals surface area contributed by atoms with E-state index in [9.17, 15) is 4.79 Å². The summed E-state index contributed by atoms with van der Waals surface area (Å²) in [7, 11) is 1.58. The highest BCUT2D eigenvalue weighted by Crippen LogP contribution is 2.26. The minimum Gasteiger partial charge on any atom is -0.495 e. The molecule has 0 fully saturated rings. The Morgan fingerprint density at radius 3 is 2.64 bits per heavy atom. The van der Waals surface area contributed by atoms with E-state index in [1.807, 2.05) is 49.4 Å². The lowest BCUT2D eigenvalue weighted by molar-refractivity contribution is 0.102. The fraction of sp³-hybridized carbons (Fsp3) is 0.182. The maximum atomic E-state index is 12.6. The molecule has 1 aromatic heterocycles. The molecule has 0 spiro atoms. The number of hydrogen-bond acceptors (Lipinski definition) is 4. The van der Waals surface area contributed by atoms with Crippen LogP contribution in [0.1, 0.15) is 21.5 Å². The number of methoxy groups -OCH3 is 1. The lowest BCUT2D eigenvalue weighted by Gasteiger charge is -2.12. The zero-order chi connectivity index (χ0) is 19.9. The average Bonchev–Trinajstić information content (AvgIpc) is 2.70. The second-order valence-corrected chi connectivity index (χ2v) is 6.86. The Hall–Kier alpha value is -3.05. The number of aryl methyl sites for hydroxylation is 1. The summed E-state index contributed by atoms with van der Waals surface area (Å²) in [4.78, 5) is 16.8. The van der Waals surface area contributed by atoms with E-state index in [2.05, 4.69) is 15.6 Å². The molecule has 0 aliphatic rings. The molecule has 144 valence electrons. The zero-order valence-corrected chi connectivity index (χ0v) is 16.6. The SMILES string of the molecule is COc1ccc(C)cc1NC(=O)c1cncc(NCCc2ccc(Cl)cc2)c1. The summed E-state index contributed by atoms with van der Waals surface area (Å²) in [5, 5.41) is 6.91. The first-order valence-electron chi connectivity index (χ1n) is 8.94. The van der Waals surface area contributed by atoms with E-state index in [4.69, 9.17) is 16.3 Å². The van der Waals surface area contributed by atoms with Gasteiger partial charge in [0.05, 0.1) is 24.0 Å². The molecule has 0 atom stereocenters. The molecule has 0 bridgehead atoms. The molecule has 6 heteroatoms. The third-order valence-electron chi connectivity index (χ3n) is 4.26. The first kappa shape index (κ1) is 19.7. The smallest absolute Gasteiger partial charge is 0.257 e. The summed E-state index contributed by atoms with van der Waals surface area (Å²) in [5.74, 6) is 0.377. The fourth-order valence-electron chi connectivity index (χ4n) is 2.78. The summed E-state index contributed by atoms with van der Waals surface area (Å²) in [6, 6.07) is 15.2. The largest absolute Gasteiger partial charge is 0.495 e. The van der Waals surface area contributed by atoms with Crippen molar-refractivity contribution in [3.63, 3.8) is 0 Å². The van der Waals surface area contributed by atoms with Gasteiger partial charge in [-0.05, 0) is 54.8 Å². The Kier molecular flexibility index (Phi) is 6.50. The van der Waals surface area contributed by atoms with Crippen molar-refractivity contribution in [3.05, 3.63) is 82.6 Å². The van der Waals surface area contributed by atoms with Gasteiger partial charge < -0.3 is 15.4 Å². The van der Waals surface area contributed by atoms with Crippen LogP contribution in [0, 0.1) is 6.92 Å². The van der Waals surface area contributed by atoms with Crippen LogP contribution in [0.25, 0.3) is 0 Å². The fourth-order valence-corrected chi connectivity index (χ4v) is 2.90. The van der Waals surface area contributed by atoms with Crippen LogP contribution < -0.4 is 15.4 Å². The van der Waals surface area contributed by atoms with Crippen LogP contribution in [0.4, 0.5) is 11.4 Å². The van der Waals surface area contributed by atoms with Crippen LogP contribution in [-0.4, -0.2) is 24.5 Å². The molecule has 1 amide bonds. The molecular weight excluding hydrogens is 374 g/mol. The molecule has 0 aliphatic heterocycles. The predicted molar refractivity (Wildman–Crippen MR) is 114 cm³/mol. The van der Waals surface area contributed by atoms with Crippen molar-refractivity contribution in [2.24, 2.45) is 0 Å². The molecule has 0 saturated carbocycles. The second-order valence-electron chi connectivity index (χ2n) is 6.42. The number of carbonyl (C=O) groups excluding carboxylic acids is 1. The molecule has 1 heterocycles. The number of nitrogens with zero attached hydrogens (tertiary/aromatic N) is 1. The van der Waals surface area contributed by atoms with Crippen molar-refractivity contribution >= 4 is 28.9 Å². The number of anilines is 2. The summed E-state index contributed by atoms with van der Waals surface area (Å²) in [6.45, 7) is 2.68. The van der Waals surface area contributed by atoms with Gasteiger partial charge in [-0.15, -0.1) is 0 Å². The van der Waals surface area contributed by atoms with Crippen LogP contribution in [0.15, 0.2) is 60.9 Å².